The second kappa shape index (κ2) is 4.68. The van der Waals surface area contributed by atoms with Gasteiger partial charge in [0, 0.05) is 0 Å². The number of thiophene rings is 2. The van der Waals surface area contributed by atoms with E-state index in [2.05, 4.69) is 45.0 Å². The van der Waals surface area contributed by atoms with Crippen molar-refractivity contribution in [3.8, 4) is 10.4 Å². The summed E-state index contributed by atoms with van der Waals surface area (Å²) in [6.45, 7) is 0. The molecular formula is C14H5N4S2Se2. The zero-order chi connectivity index (χ0) is 14.8. The third-order valence-corrected chi connectivity index (χ3v) is 7.20. The molecule has 0 saturated heterocycles. The van der Waals surface area contributed by atoms with Crippen LogP contribution in [-0.2, 0) is 0 Å². The summed E-state index contributed by atoms with van der Waals surface area (Å²) in [6, 6.07) is 4.13. The van der Waals surface area contributed by atoms with Gasteiger partial charge in [-0.2, -0.15) is 0 Å². The predicted molar refractivity (Wildman–Crippen MR) is 94.3 cm³/mol. The molecule has 0 fully saturated rings. The van der Waals surface area contributed by atoms with Gasteiger partial charge < -0.3 is 0 Å². The van der Waals surface area contributed by atoms with Crippen LogP contribution in [0.25, 0.3) is 31.6 Å². The molecule has 1 aromatic carbocycles. The summed E-state index contributed by atoms with van der Waals surface area (Å²) in [5.41, 5.74) is 6.23. The Morgan fingerprint density at radius 3 is 2.77 bits per heavy atom. The van der Waals surface area contributed by atoms with Crippen LogP contribution in [0.5, 0.6) is 0 Å². The van der Waals surface area contributed by atoms with Gasteiger partial charge in [0.2, 0.25) is 0 Å². The Kier molecular flexibility index (Phi) is 2.83. The molecule has 0 atom stereocenters. The van der Waals surface area contributed by atoms with Gasteiger partial charge in [0.15, 0.2) is 0 Å². The van der Waals surface area contributed by atoms with Crippen molar-refractivity contribution in [1.29, 1.82) is 5.41 Å². The van der Waals surface area contributed by atoms with Crippen LogP contribution in [0.15, 0.2) is 26.9 Å². The van der Waals surface area contributed by atoms with Crippen molar-refractivity contribution >= 4 is 86.4 Å². The molecule has 8 heteroatoms. The van der Waals surface area contributed by atoms with Gasteiger partial charge in [0.05, 0.1) is 0 Å². The van der Waals surface area contributed by atoms with Crippen LogP contribution in [0.4, 0.5) is 0 Å². The first-order valence-corrected chi connectivity index (χ1v) is 10.4. The number of fused-ring (bicyclic) bond motifs is 8. The second-order valence-corrected chi connectivity index (χ2v) is 8.18. The monoisotopic (exact) mass is 453 g/mol. The van der Waals surface area contributed by atoms with Crippen molar-refractivity contribution in [1.82, 2.24) is 7.96 Å². The van der Waals surface area contributed by atoms with Gasteiger partial charge in [-0.1, -0.05) is 0 Å². The molecule has 0 unspecified atom stereocenters. The van der Waals surface area contributed by atoms with Crippen LogP contribution in [0.1, 0.15) is 11.1 Å². The fraction of sp³-hybridized carbons (Fsp3) is 0. The van der Waals surface area contributed by atoms with E-state index in [1.165, 1.54) is 0 Å². The van der Waals surface area contributed by atoms with Crippen LogP contribution in [0.2, 0.25) is 0 Å². The van der Waals surface area contributed by atoms with Gasteiger partial charge in [-0.3, -0.25) is 0 Å². The van der Waals surface area contributed by atoms with Gasteiger partial charge >= 0.3 is 148 Å². The third kappa shape index (κ3) is 1.52. The van der Waals surface area contributed by atoms with E-state index in [-0.39, 0.29) is 15.0 Å². The number of hydrogen-bond acceptors (Lipinski definition) is 6. The summed E-state index contributed by atoms with van der Waals surface area (Å²) in [5.74, 6) is 0. The molecule has 105 valence electrons. The molecule has 5 rings (SSSR count). The van der Waals surface area contributed by atoms with Crippen molar-refractivity contribution in [3.63, 3.8) is 0 Å². The Hall–Kier alpha value is -1.14. The minimum absolute atomic E-state index is 0.0845. The van der Waals surface area contributed by atoms with Crippen LogP contribution in [-0.4, -0.2) is 50.6 Å². The van der Waals surface area contributed by atoms with E-state index in [1.54, 1.807) is 22.7 Å². The summed E-state index contributed by atoms with van der Waals surface area (Å²) in [7, 11) is 0. The molecule has 3 aromatic heterocycles. The summed E-state index contributed by atoms with van der Waals surface area (Å²) in [6.07, 6.45) is 0. The fourth-order valence-electron chi connectivity index (χ4n) is 2.95. The summed E-state index contributed by atoms with van der Waals surface area (Å²) >= 11 is 5.98. The fourth-order valence-corrected chi connectivity index (χ4v) is 6.44. The first kappa shape index (κ1) is 13.3. The first-order chi connectivity index (χ1) is 10.8. The maximum atomic E-state index is 8.67. The van der Waals surface area contributed by atoms with Crippen molar-refractivity contribution < 1.29 is 0 Å². The maximum absolute atomic E-state index is 8.67. The molecule has 3 heterocycles. The zero-order valence-corrected chi connectivity index (χ0v) is 15.8. The molecule has 1 radical (unpaired) electrons. The molecule has 0 saturated carbocycles. The number of rotatable bonds is 0. The number of nitrogens with zero attached hydrogens (tertiary/aromatic N) is 3. The van der Waals surface area contributed by atoms with E-state index in [1.807, 2.05) is 6.07 Å². The molecule has 4 nitrogen and oxygen atoms in total. The summed E-state index contributed by atoms with van der Waals surface area (Å²) in [4.78, 5) is 1.16. The molecule has 1 aliphatic rings. The van der Waals surface area contributed by atoms with Crippen molar-refractivity contribution in [2.75, 3.05) is 0 Å². The Balaban J connectivity index is 2.11. The number of hydrogen-bond donors (Lipinski definition) is 1. The van der Waals surface area contributed by atoms with E-state index in [0.717, 1.165) is 48.4 Å². The standard InChI is InChI=1S/C14H5N4S2Se2/c15-9-7-8(14-5(1-3-20-14)10(9)16-21)12-11(17-22-18-12)6-2-4-19-13(6)7/h1-4,15H/b15-9?,16-10-. The van der Waals surface area contributed by atoms with E-state index in [9.17, 15) is 0 Å². The average Bonchev–Trinajstić information content (AvgIpc) is 3.25. The van der Waals surface area contributed by atoms with Crippen LogP contribution in [0, 0.1) is 5.41 Å². The van der Waals surface area contributed by atoms with Gasteiger partial charge in [-0.25, -0.2) is 0 Å². The molecule has 0 bridgehead atoms. The van der Waals surface area contributed by atoms with Gasteiger partial charge in [-0.15, -0.1) is 0 Å². The van der Waals surface area contributed by atoms with Crippen molar-refractivity contribution in [2.24, 2.45) is 4.01 Å². The van der Waals surface area contributed by atoms with E-state index < -0.39 is 0 Å². The van der Waals surface area contributed by atoms with Gasteiger partial charge in [0.1, 0.15) is 0 Å². The molecule has 0 aliphatic heterocycles. The summed E-state index contributed by atoms with van der Waals surface area (Å²) < 4.78 is 14.7. The normalized spacial score (nSPS) is 15.6. The molecule has 0 amide bonds. The van der Waals surface area contributed by atoms with Crippen LogP contribution < -0.4 is 0 Å². The van der Waals surface area contributed by atoms with Crippen molar-refractivity contribution in [3.05, 3.63) is 34.0 Å². The predicted octanol–water partition coefficient (Wildman–Crippen LogP) is 2.88. The number of nitrogens with one attached hydrogen (secondary N) is 1. The summed E-state index contributed by atoms with van der Waals surface area (Å²) in [5, 5.41) is 13.9. The Bertz CT molecular complexity index is 1120. The van der Waals surface area contributed by atoms with E-state index in [4.69, 9.17) is 5.41 Å². The Morgan fingerprint density at radius 2 is 1.91 bits per heavy atom. The molecule has 22 heavy (non-hydrogen) atoms. The van der Waals surface area contributed by atoms with Gasteiger partial charge in [-0.05, 0) is 0 Å². The van der Waals surface area contributed by atoms with E-state index in [0.29, 0.717) is 5.71 Å². The number of aromatic nitrogens is 2. The number of benzene rings is 1. The van der Waals surface area contributed by atoms with E-state index >= 15 is 0 Å². The zero-order valence-electron chi connectivity index (χ0n) is 10.8. The Morgan fingerprint density at radius 1 is 1.09 bits per heavy atom. The minimum atomic E-state index is -0.0845. The average molecular weight is 451 g/mol. The first-order valence-electron chi connectivity index (χ1n) is 6.34. The molecule has 4 aromatic rings. The molecule has 1 N–H and O–H groups in total. The van der Waals surface area contributed by atoms with Gasteiger partial charge in [0.25, 0.3) is 0 Å². The van der Waals surface area contributed by atoms with Crippen molar-refractivity contribution in [2.45, 2.75) is 0 Å². The van der Waals surface area contributed by atoms with Crippen LogP contribution >= 0.6 is 22.7 Å². The van der Waals surface area contributed by atoms with Crippen LogP contribution in [0.3, 0.4) is 0 Å². The topological polar surface area (TPSA) is 62.0 Å². The third-order valence-electron chi connectivity index (χ3n) is 3.85. The second-order valence-electron chi connectivity index (χ2n) is 4.85. The quantitative estimate of drug-likeness (QED) is 0.418. The Labute approximate surface area is 147 Å². The SMILES string of the molecule is N=C1/C(=N\[Se])c2ccsc2-c2c1c1sccc1c1n[se]nc21. The molecular weight excluding hydrogens is 446 g/mol. The molecule has 1 aliphatic carbocycles. The molecule has 0 spiro atoms.